The monoisotopic (exact) mass is 342 g/mol. The van der Waals surface area contributed by atoms with Gasteiger partial charge in [-0.05, 0) is 36.8 Å². The number of aromatic nitrogens is 1. The molecule has 1 aliphatic rings. The van der Waals surface area contributed by atoms with Gasteiger partial charge in [-0.25, -0.2) is 9.37 Å². The summed E-state index contributed by atoms with van der Waals surface area (Å²) in [7, 11) is 0. The highest BCUT2D eigenvalue weighted by molar-refractivity contribution is 5.78. The van der Waals surface area contributed by atoms with E-state index in [0.717, 1.165) is 24.5 Å². The number of benzene rings is 1. The number of carbonyl (C=O) groups is 1. The van der Waals surface area contributed by atoms with E-state index in [-0.39, 0.29) is 24.3 Å². The number of pyridine rings is 1. The van der Waals surface area contributed by atoms with Crippen LogP contribution in [0, 0.1) is 5.82 Å². The van der Waals surface area contributed by atoms with Crippen LogP contribution in [0.1, 0.15) is 18.5 Å². The van der Waals surface area contributed by atoms with Crippen LogP contribution in [-0.4, -0.2) is 48.5 Å². The third-order valence-corrected chi connectivity index (χ3v) is 4.51. The maximum atomic E-state index is 13.3. The summed E-state index contributed by atoms with van der Waals surface area (Å²) in [5.74, 6) is 0.763. The van der Waals surface area contributed by atoms with Crippen molar-refractivity contribution in [2.24, 2.45) is 0 Å². The van der Waals surface area contributed by atoms with Gasteiger partial charge in [-0.1, -0.05) is 18.2 Å². The molecule has 1 N–H and O–H groups in total. The Kier molecular flexibility index (Phi) is 5.60. The number of nitrogens with one attached hydrogen (secondary N) is 1. The summed E-state index contributed by atoms with van der Waals surface area (Å²) in [4.78, 5) is 20.8. The first-order valence-corrected chi connectivity index (χ1v) is 8.56. The third-order valence-electron chi connectivity index (χ3n) is 4.51. The number of hydrogen-bond donors (Lipinski definition) is 1. The van der Waals surface area contributed by atoms with E-state index in [2.05, 4.69) is 15.2 Å². The second-order valence-corrected chi connectivity index (χ2v) is 6.21. The van der Waals surface area contributed by atoms with Crippen molar-refractivity contribution in [3.8, 4) is 0 Å². The van der Waals surface area contributed by atoms with Crippen molar-refractivity contribution < 1.29 is 9.18 Å². The SMILES string of the molecule is C[C@H](NCC(=O)N1CCN(c2ccccn2)CC1)c1cccc(F)c1. The van der Waals surface area contributed by atoms with Crippen molar-refractivity contribution in [3.05, 3.63) is 60.0 Å². The number of piperazine rings is 1. The predicted molar refractivity (Wildman–Crippen MR) is 95.8 cm³/mol. The van der Waals surface area contributed by atoms with Crippen molar-refractivity contribution in [3.63, 3.8) is 0 Å². The molecule has 2 aromatic rings. The number of amides is 1. The Bertz CT molecular complexity index is 702. The lowest BCUT2D eigenvalue weighted by Crippen LogP contribution is -2.51. The van der Waals surface area contributed by atoms with Crippen LogP contribution in [0.25, 0.3) is 0 Å². The van der Waals surface area contributed by atoms with E-state index in [1.807, 2.05) is 36.1 Å². The summed E-state index contributed by atoms with van der Waals surface area (Å²) in [5, 5.41) is 3.18. The smallest absolute Gasteiger partial charge is 0.236 e. The Balaban J connectivity index is 1.46. The van der Waals surface area contributed by atoms with Crippen LogP contribution in [0.15, 0.2) is 48.7 Å². The summed E-state index contributed by atoms with van der Waals surface area (Å²) >= 11 is 0. The molecule has 0 aliphatic carbocycles. The Morgan fingerprint density at radius 3 is 2.68 bits per heavy atom. The zero-order chi connectivity index (χ0) is 17.6. The van der Waals surface area contributed by atoms with E-state index in [0.29, 0.717) is 13.1 Å². The maximum Gasteiger partial charge on any atom is 0.236 e. The van der Waals surface area contributed by atoms with E-state index in [1.165, 1.54) is 12.1 Å². The molecule has 5 nitrogen and oxygen atoms in total. The van der Waals surface area contributed by atoms with E-state index < -0.39 is 0 Å². The summed E-state index contributed by atoms with van der Waals surface area (Å²) in [5.41, 5.74) is 0.841. The molecule has 1 amide bonds. The van der Waals surface area contributed by atoms with Crippen LogP contribution in [0.3, 0.4) is 0 Å². The Morgan fingerprint density at radius 2 is 2.00 bits per heavy atom. The molecule has 25 heavy (non-hydrogen) atoms. The highest BCUT2D eigenvalue weighted by Gasteiger charge is 2.22. The normalized spacial score (nSPS) is 15.9. The van der Waals surface area contributed by atoms with Crippen molar-refractivity contribution in [1.29, 1.82) is 0 Å². The minimum atomic E-state index is -0.261. The Hall–Kier alpha value is -2.47. The molecular formula is C19H23FN4O. The molecule has 1 saturated heterocycles. The number of rotatable bonds is 5. The topological polar surface area (TPSA) is 48.5 Å². The molecule has 1 aliphatic heterocycles. The number of carbonyl (C=O) groups excluding carboxylic acids is 1. The summed E-state index contributed by atoms with van der Waals surface area (Å²) in [6.07, 6.45) is 1.78. The van der Waals surface area contributed by atoms with Gasteiger partial charge in [0.2, 0.25) is 5.91 Å². The van der Waals surface area contributed by atoms with Crippen molar-refractivity contribution in [2.45, 2.75) is 13.0 Å². The number of anilines is 1. The molecule has 1 aromatic heterocycles. The van der Waals surface area contributed by atoms with Crippen LogP contribution >= 0.6 is 0 Å². The minimum Gasteiger partial charge on any atom is -0.353 e. The molecule has 0 saturated carbocycles. The van der Waals surface area contributed by atoms with Gasteiger partial charge in [0.25, 0.3) is 0 Å². The first kappa shape index (κ1) is 17.4. The fourth-order valence-electron chi connectivity index (χ4n) is 2.97. The van der Waals surface area contributed by atoms with Crippen molar-refractivity contribution in [1.82, 2.24) is 15.2 Å². The van der Waals surface area contributed by atoms with E-state index >= 15 is 0 Å². The molecule has 0 bridgehead atoms. The Labute approximate surface area is 147 Å². The molecule has 1 fully saturated rings. The van der Waals surface area contributed by atoms with Gasteiger partial charge < -0.3 is 15.1 Å². The molecule has 0 radical (unpaired) electrons. The van der Waals surface area contributed by atoms with E-state index in [9.17, 15) is 9.18 Å². The molecule has 3 rings (SSSR count). The molecule has 1 aromatic carbocycles. The number of hydrogen-bond acceptors (Lipinski definition) is 4. The molecule has 1 atom stereocenters. The van der Waals surface area contributed by atoms with Crippen LogP contribution in [0.2, 0.25) is 0 Å². The van der Waals surface area contributed by atoms with E-state index in [1.54, 1.807) is 12.3 Å². The summed E-state index contributed by atoms with van der Waals surface area (Å²) in [6.45, 7) is 5.11. The lowest BCUT2D eigenvalue weighted by molar-refractivity contribution is -0.130. The second-order valence-electron chi connectivity index (χ2n) is 6.21. The zero-order valence-electron chi connectivity index (χ0n) is 14.4. The largest absolute Gasteiger partial charge is 0.353 e. The Morgan fingerprint density at radius 1 is 1.20 bits per heavy atom. The third kappa shape index (κ3) is 4.54. The van der Waals surface area contributed by atoms with Crippen LogP contribution < -0.4 is 10.2 Å². The van der Waals surface area contributed by atoms with Gasteiger partial charge in [-0.2, -0.15) is 0 Å². The lowest BCUT2D eigenvalue weighted by Gasteiger charge is -2.35. The average molecular weight is 342 g/mol. The van der Waals surface area contributed by atoms with Gasteiger partial charge in [0.1, 0.15) is 11.6 Å². The lowest BCUT2D eigenvalue weighted by atomic mass is 10.1. The molecule has 0 unspecified atom stereocenters. The zero-order valence-corrected chi connectivity index (χ0v) is 14.4. The van der Waals surface area contributed by atoms with E-state index in [4.69, 9.17) is 0 Å². The number of halogens is 1. The fraction of sp³-hybridized carbons (Fsp3) is 0.368. The van der Waals surface area contributed by atoms with Gasteiger partial charge in [0, 0.05) is 38.4 Å². The first-order chi connectivity index (χ1) is 12.1. The second kappa shape index (κ2) is 8.07. The molecule has 0 spiro atoms. The van der Waals surface area contributed by atoms with Crippen LogP contribution in [-0.2, 0) is 4.79 Å². The molecule has 6 heteroatoms. The quantitative estimate of drug-likeness (QED) is 0.905. The fourth-order valence-corrected chi connectivity index (χ4v) is 2.97. The van der Waals surface area contributed by atoms with Gasteiger partial charge >= 0.3 is 0 Å². The predicted octanol–water partition coefficient (Wildman–Crippen LogP) is 2.22. The average Bonchev–Trinajstić information content (AvgIpc) is 2.66. The molecule has 132 valence electrons. The van der Waals surface area contributed by atoms with Crippen molar-refractivity contribution in [2.75, 3.05) is 37.6 Å². The van der Waals surface area contributed by atoms with Crippen LogP contribution in [0.5, 0.6) is 0 Å². The van der Waals surface area contributed by atoms with Gasteiger partial charge in [-0.15, -0.1) is 0 Å². The molecule has 2 heterocycles. The number of nitrogens with zero attached hydrogens (tertiary/aromatic N) is 3. The first-order valence-electron chi connectivity index (χ1n) is 8.56. The maximum absolute atomic E-state index is 13.3. The minimum absolute atomic E-state index is 0.0731. The van der Waals surface area contributed by atoms with Gasteiger partial charge in [0.05, 0.1) is 6.54 Å². The highest BCUT2D eigenvalue weighted by Crippen LogP contribution is 2.14. The highest BCUT2D eigenvalue weighted by atomic mass is 19.1. The van der Waals surface area contributed by atoms with Gasteiger partial charge in [0.15, 0.2) is 0 Å². The summed E-state index contributed by atoms with van der Waals surface area (Å²) < 4.78 is 13.3. The van der Waals surface area contributed by atoms with Gasteiger partial charge in [-0.3, -0.25) is 4.79 Å². The van der Waals surface area contributed by atoms with Crippen molar-refractivity contribution >= 4 is 11.7 Å². The standard InChI is InChI=1S/C19H23FN4O/c1-15(16-5-4-6-17(20)13-16)22-14-19(25)24-11-9-23(10-12-24)18-7-2-3-8-21-18/h2-8,13,15,22H,9-12,14H2,1H3/t15-/m0/s1. The molecular weight excluding hydrogens is 319 g/mol. The summed E-state index contributed by atoms with van der Waals surface area (Å²) in [6, 6.07) is 12.2. The van der Waals surface area contributed by atoms with Crippen LogP contribution in [0.4, 0.5) is 10.2 Å².